The Labute approximate surface area is 126 Å². The molecule has 0 N–H and O–H groups in total. The van der Waals surface area contributed by atoms with Crippen molar-refractivity contribution < 1.29 is 14.3 Å². The fraction of sp³-hybridized carbons (Fsp3) is 0.471. The number of hydrogen-bond donors (Lipinski definition) is 0. The number of hydrogen-bond acceptors (Lipinski definition) is 3. The molecule has 1 amide bonds. The lowest BCUT2D eigenvalue weighted by Crippen LogP contribution is -2.33. The summed E-state index contributed by atoms with van der Waals surface area (Å²) in [5, 5.41) is 0. The summed E-state index contributed by atoms with van der Waals surface area (Å²) in [6, 6.07) is 6.00. The molecule has 1 saturated carbocycles. The Kier molecular flexibility index (Phi) is 5.26. The first kappa shape index (κ1) is 15.4. The smallest absolute Gasteiger partial charge is 0.246 e. The average Bonchev–Trinajstić information content (AvgIpc) is 3.05. The average molecular weight is 289 g/mol. The third kappa shape index (κ3) is 3.78. The number of likely N-dealkylation sites (N-methyl/N-ethyl adjacent to an activating group) is 1. The van der Waals surface area contributed by atoms with E-state index >= 15 is 0 Å². The van der Waals surface area contributed by atoms with Crippen molar-refractivity contribution in [3.8, 4) is 11.5 Å². The van der Waals surface area contributed by atoms with Crippen LogP contribution < -0.4 is 9.47 Å². The van der Waals surface area contributed by atoms with Crippen molar-refractivity contribution in [3.63, 3.8) is 0 Å². The maximum Gasteiger partial charge on any atom is 0.246 e. The van der Waals surface area contributed by atoms with E-state index in [4.69, 9.17) is 9.47 Å². The van der Waals surface area contributed by atoms with E-state index in [1.807, 2.05) is 36.2 Å². The Morgan fingerprint density at radius 1 is 1.19 bits per heavy atom. The summed E-state index contributed by atoms with van der Waals surface area (Å²) in [4.78, 5) is 14.0. The molecular weight excluding hydrogens is 266 g/mol. The summed E-state index contributed by atoms with van der Waals surface area (Å²) >= 11 is 0. The summed E-state index contributed by atoms with van der Waals surface area (Å²) in [7, 11) is 5.09. The molecule has 0 aliphatic heterocycles. The summed E-state index contributed by atoms with van der Waals surface area (Å²) < 4.78 is 10.5. The van der Waals surface area contributed by atoms with E-state index in [2.05, 4.69) is 0 Å². The molecule has 4 nitrogen and oxygen atoms in total. The number of carbonyl (C=O) groups is 1. The fourth-order valence-electron chi connectivity index (χ4n) is 2.71. The molecule has 0 radical (unpaired) electrons. The predicted octanol–water partition coefficient (Wildman–Crippen LogP) is 3.12. The Balaban J connectivity index is 2.04. The minimum atomic E-state index is 0.0525. The lowest BCUT2D eigenvalue weighted by atomic mass is 10.1. The van der Waals surface area contributed by atoms with Crippen LogP contribution in [-0.2, 0) is 4.79 Å². The third-order valence-electron chi connectivity index (χ3n) is 4.05. The van der Waals surface area contributed by atoms with E-state index in [1.165, 1.54) is 12.8 Å². The molecule has 1 aromatic carbocycles. The van der Waals surface area contributed by atoms with Gasteiger partial charge in [-0.1, -0.05) is 18.9 Å². The highest BCUT2D eigenvalue weighted by molar-refractivity contribution is 5.91. The lowest BCUT2D eigenvalue weighted by Gasteiger charge is -2.22. The van der Waals surface area contributed by atoms with Gasteiger partial charge >= 0.3 is 0 Å². The first-order valence-electron chi connectivity index (χ1n) is 7.32. The van der Waals surface area contributed by atoms with Gasteiger partial charge in [0.2, 0.25) is 5.91 Å². The van der Waals surface area contributed by atoms with Crippen LogP contribution in [0.4, 0.5) is 0 Å². The first-order chi connectivity index (χ1) is 10.2. The van der Waals surface area contributed by atoms with Crippen LogP contribution in [0.2, 0.25) is 0 Å². The Hall–Kier alpha value is -1.97. The van der Waals surface area contributed by atoms with E-state index in [0.717, 1.165) is 18.4 Å². The van der Waals surface area contributed by atoms with E-state index < -0.39 is 0 Å². The molecule has 1 aliphatic carbocycles. The third-order valence-corrected chi connectivity index (χ3v) is 4.05. The maximum absolute atomic E-state index is 12.2. The molecule has 0 bridgehead atoms. The van der Waals surface area contributed by atoms with Crippen molar-refractivity contribution in [1.29, 1.82) is 0 Å². The molecule has 0 atom stereocenters. The summed E-state index contributed by atoms with van der Waals surface area (Å²) in [5.41, 5.74) is 0.917. The molecule has 2 rings (SSSR count). The minimum absolute atomic E-state index is 0.0525. The van der Waals surface area contributed by atoms with Gasteiger partial charge < -0.3 is 14.4 Å². The molecular formula is C17H23NO3. The zero-order valence-corrected chi connectivity index (χ0v) is 13.0. The molecule has 0 saturated heterocycles. The highest BCUT2D eigenvalue weighted by Gasteiger charge is 2.21. The lowest BCUT2D eigenvalue weighted by molar-refractivity contribution is -0.126. The molecule has 1 fully saturated rings. The van der Waals surface area contributed by atoms with Crippen molar-refractivity contribution in [2.45, 2.75) is 31.7 Å². The number of ether oxygens (including phenoxy) is 2. The molecule has 1 aromatic rings. The van der Waals surface area contributed by atoms with Gasteiger partial charge in [-0.3, -0.25) is 4.79 Å². The van der Waals surface area contributed by atoms with Crippen LogP contribution in [-0.4, -0.2) is 38.1 Å². The second kappa shape index (κ2) is 7.16. The van der Waals surface area contributed by atoms with E-state index in [-0.39, 0.29) is 5.91 Å². The maximum atomic E-state index is 12.2. The molecule has 0 heterocycles. The van der Waals surface area contributed by atoms with Crippen molar-refractivity contribution in [2.75, 3.05) is 21.3 Å². The van der Waals surface area contributed by atoms with Crippen LogP contribution in [0.1, 0.15) is 31.2 Å². The second-order valence-corrected chi connectivity index (χ2v) is 5.34. The predicted molar refractivity (Wildman–Crippen MR) is 83.6 cm³/mol. The largest absolute Gasteiger partial charge is 0.493 e. The SMILES string of the molecule is COc1ccc(/C=C/C(=O)N(C)C2CCCC2)cc1OC. The van der Waals surface area contributed by atoms with E-state index in [9.17, 15) is 4.79 Å². The summed E-state index contributed by atoms with van der Waals surface area (Å²) in [6.45, 7) is 0. The van der Waals surface area contributed by atoms with Crippen molar-refractivity contribution in [1.82, 2.24) is 4.90 Å². The quantitative estimate of drug-likeness (QED) is 0.782. The highest BCUT2D eigenvalue weighted by Crippen LogP contribution is 2.28. The van der Waals surface area contributed by atoms with E-state index in [0.29, 0.717) is 17.5 Å². The number of carbonyl (C=O) groups excluding carboxylic acids is 1. The van der Waals surface area contributed by atoms with Crippen molar-refractivity contribution >= 4 is 12.0 Å². The van der Waals surface area contributed by atoms with Crippen LogP contribution in [0.3, 0.4) is 0 Å². The minimum Gasteiger partial charge on any atom is -0.493 e. The Morgan fingerprint density at radius 3 is 2.48 bits per heavy atom. The van der Waals surface area contributed by atoms with Gasteiger partial charge in [-0.2, -0.15) is 0 Å². The van der Waals surface area contributed by atoms with Gasteiger partial charge in [0.1, 0.15) is 0 Å². The zero-order chi connectivity index (χ0) is 15.2. The number of benzene rings is 1. The first-order valence-corrected chi connectivity index (χ1v) is 7.32. The van der Waals surface area contributed by atoms with Crippen LogP contribution >= 0.6 is 0 Å². The van der Waals surface area contributed by atoms with Crippen LogP contribution in [0, 0.1) is 0 Å². The number of amides is 1. The molecule has 114 valence electrons. The van der Waals surface area contributed by atoms with Crippen molar-refractivity contribution in [2.24, 2.45) is 0 Å². The Bertz CT molecular complexity index is 519. The van der Waals surface area contributed by atoms with Gasteiger partial charge in [0.25, 0.3) is 0 Å². The van der Waals surface area contributed by atoms with Gasteiger partial charge in [-0.25, -0.2) is 0 Å². The Morgan fingerprint density at radius 2 is 1.86 bits per heavy atom. The van der Waals surface area contributed by atoms with E-state index in [1.54, 1.807) is 20.3 Å². The molecule has 0 aromatic heterocycles. The summed E-state index contributed by atoms with van der Waals surface area (Å²) in [5.74, 6) is 1.40. The number of rotatable bonds is 5. The van der Waals surface area contributed by atoms with Crippen LogP contribution in [0.25, 0.3) is 6.08 Å². The van der Waals surface area contributed by atoms with Gasteiger partial charge in [0.15, 0.2) is 11.5 Å². The molecule has 0 spiro atoms. The topological polar surface area (TPSA) is 38.8 Å². The second-order valence-electron chi connectivity index (χ2n) is 5.34. The van der Waals surface area contributed by atoms with Gasteiger partial charge in [0.05, 0.1) is 14.2 Å². The van der Waals surface area contributed by atoms with Gasteiger partial charge in [-0.05, 0) is 36.6 Å². The molecule has 0 unspecified atom stereocenters. The number of methoxy groups -OCH3 is 2. The standard InChI is InChI=1S/C17H23NO3/c1-18(14-6-4-5-7-14)17(19)11-9-13-8-10-15(20-2)16(12-13)21-3/h8-12,14H,4-7H2,1-3H3/b11-9+. The van der Waals surface area contributed by atoms with Gasteiger partial charge in [0, 0.05) is 19.2 Å². The van der Waals surface area contributed by atoms with Crippen molar-refractivity contribution in [3.05, 3.63) is 29.8 Å². The molecule has 4 heteroatoms. The van der Waals surface area contributed by atoms with Crippen LogP contribution in [0.5, 0.6) is 11.5 Å². The van der Waals surface area contributed by atoms with Crippen LogP contribution in [0.15, 0.2) is 24.3 Å². The number of nitrogens with zero attached hydrogens (tertiary/aromatic N) is 1. The fourth-order valence-corrected chi connectivity index (χ4v) is 2.71. The zero-order valence-electron chi connectivity index (χ0n) is 13.0. The normalized spacial score (nSPS) is 15.4. The molecule has 1 aliphatic rings. The highest BCUT2D eigenvalue weighted by atomic mass is 16.5. The molecule has 21 heavy (non-hydrogen) atoms. The summed E-state index contributed by atoms with van der Waals surface area (Å²) in [6.07, 6.45) is 8.12. The monoisotopic (exact) mass is 289 g/mol. The van der Waals surface area contributed by atoms with Gasteiger partial charge in [-0.15, -0.1) is 0 Å².